The van der Waals surface area contributed by atoms with E-state index in [1.54, 1.807) is 0 Å². The van der Waals surface area contributed by atoms with Crippen molar-refractivity contribution in [3.8, 4) is 0 Å². The van der Waals surface area contributed by atoms with E-state index in [-0.39, 0.29) is 10.8 Å². The zero-order valence-electron chi connectivity index (χ0n) is 12.8. The van der Waals surface area contributed by atoms with Gasteiger partial charge in [0.2, 0.25) is 20.0 Å². The molecule has 2 heterocycles. The van der Waals surface area contributed by atoms with E-state index < -0.39 is 25.6 Å². The van der Waals surface area contributed by atoms with Gasteiger partial charge in [0.1, 0.15) is 4.21 Å². The number of rotatable bonds is 6. The third-order valence-corrected chi connectivity index (χ3v) is 8.36. The molecule has 0 atom stereocenters. The van der Waals surface area contributed by atoms with E-state index in [2.05, 4.69) is 4.72 Å². The molecule has 7 nitrogen and oxygen atoms in total. The molecule has 23 heavy (non-hydrogen) atoms. The van der Waals surface area contributed by atoms with E-state index in [9.17, 15) is 16.8 Å². The van der Waals surface area contributed by atoms with Crippen LogP contribution in [-0.4, -0.2) is 59.7 Å². The fourth-order valence-corrected chi connectivity index (χ4v) is 5.91. The summed E-state index contributed by atoms with van der Waals surface area (Å²) in [6.07, 6.45) is 2.00. The first-order chi connectivity index (χ1) is 10.6. The fourth-order valence-electron chi connectivity index (χ4n) is 2.42. The Bertz CT molecular complexity index is 751. The number of halogens is 1. The second-order valence-corrected chi connectivity index (χ2v) is 11.1. The zero-order valence-corrected chi connectivity index (χ0v) is 16.0. The molecule has 1 fully saturated rings. The van der Waals surface area contributed by atoms with Crippen molar-refractivity contribution in [2.45, 2.75) is 22.7 Å². The summed E-state index contributed by atoms with van der Waals surface area (Å²) in [5, 5.41) is 0. The summed E-state index contributed by atoms with van der Waals surface area (Å²) in [5.41, 5.74) is -0.713. The monoisotopic (exact) mass is 402 g/mol. The Hall–Kier alpha value is -0.230. The maximum absolute atomic E-state index is 12.2. The van der Waals surface area contributed by atoms with Gasteiger partial charge in [0.25, 0.3) is 0 Å². The van der Waals surface area contributed by atoms with Gasteiger partial charge in [-0.2, -0.15) is 0 Å². The lowest BCUT2D eigenvalue weighted by Gasteiger charge is -2.39. The van der Waals surface area contributed by atoms with Crippen LogP contribution < -0.4 is 4.72 Å². The third-order valence-electron chi connectivity index (χ3n) is 3.93. The molecule has 0 bridgehead atoms. The second-order valence-electron chi connectivity index (χ2n) is 5.43. The Morgan fingerprint density at radius 1 is 1.30 bits per heavy atom. The van der Waals surface area contributed by atoms with Gasteiger partial charge in [0, 0.05) is 26.7 Å². The lowest BCUT2D eigenvalue weighted by molar-refractivity contribution is -0.0401. The number of hydrogen-bond acceptors (Lipinski definition) is 6. The minimum absolute atomic E-state index is 0.0823. The summed E-state index contributed by atoms with van der Waals surface area (Å²) in [4.78, 5) is 0. The van der Waals surface area contributed by atoms with Crippen LogP contribution in [0.25, 0.3) is 0 Å². The largest absolute Gasteiger partial charge is 0.377 e. The smallest absolute Gasteiger partial charge is 0.250 e. The Balaban J connectivity index is 2.03. The Morgan fingerprint density at radius 2 is 1.91 bits per heavy atom. The van der Waals surface area contributed by atoms with Gasteiger partial charge in [-0.1, -0.05) is 11.6 Å². The van der Waals surface area contributed by atoms with Crippen molar-refractivity contribution in [2.75, 3.05) is 33.0 Å². The van der Waals surface area contributed by atoms with E-state index in [0.29, 0.717) is 30.3 Å². The normalized spacial score (nSPS) is 19.8. The quantitative estimate of drug-likeness (QED) is 0.769. The summed E-state index contributed by atoms with van der Waals surface area (Å²) in [6, 6.07) is 2.97. The van der Waals surface area contributed by atoms with E-state index in [1.165, 1.54) is 23.5 Å². The first kappa shape index (κ1) is 19.1. The summed E-state index contributed by atoms with van der Waals surface area (Å²) >= 11 is 6.75. The maximum Gasteiger partial charge on any atom is 0.250 e. The predicted octanol–water partition coefficient (Wildman–Crippen LogP) is 1.12. The Labute approximate surface area is 145 Å². The van der Waals surface area contributed by atoms with Gasteiger partial charge in [0.15, 0.2) is 0 Å². The fraction of sp³-hybridized carbons (Fsp3) is 0.667. The minimum Gasteiger partial charge on any atom is -0.377 e. The molecular weight excluding hydrogens is 384 g/mol. The topological polar surface area (TPSA) is 92.8 Å². The van der Waals surface area contributed by atoms with Crippen molar-refractivity contribution in [3.63, 3.8) is 0 Å². The highest BCUT2D eigenvalue weighted by molar-refractivity contribution is 7.91. The molecule has 1 aromatic rings. The van der Waals surface area contributed by atoms with Gasteiger partial charge in [-0.05, 0) is 25.0 Å². The summed E-state index contributed by atoms with van der Waals surface area (Å²) < 4.78 is 57.6. The van der Waals surface area contributed by atoms with Crippen LogP contribution in [0.2, 0.25) is 4.34 Å². The van der Waals surface area contributed by atoms with Crippen LogP contribution in [0.15, 0.2) is 16.3 Å². The van der Waals surface area contributed by atoms with Crippen molar-refractivity contribution in [1.82, 2.24) is 9.03 Å². The Kier molecular flexibility index (Phi) is 5.77. The van der Waals surface area contributed by atoms with Crippen LogP contribution in [0, 0.1) is 0 Å². The third kappa shape index (κ3) is 4.65. The van der Waals surface area contributed by atoms with E-state index in [1.807, 2.05) is 0 Å². The molecule has 0 spiro atoms. The van der Waals surface area contributed by atoms with Crippen molar-refractivity contribution < 1.29 is 21.6 Å². The first-order valence-electron chi connectivity index (χ1n) is 6.83. The van der Waals surface area contributed by atoms with E-state index in [4.69, 9.17) is 16.3 Å². The molecule has 0 amide bonds. The molecule has 0 aliphatic carbocycles. The van der Waals surface area contributed by atoms with Crippen LogP contribution in [-0.2, 0) is 24.8 Å². The molecule has 1 N–H and O–H groups in total. The number of hydrogen-bond donors (Lipinski definition) is 1. The number of thiophene rings is 1. The number of nitrogens with zero attached hydrogens (tertiary/aromatic N) is 1. The number of nitrogens with one attached hydrogen (secondary N) is 1. The lowest BCUT2D eigenvalue weighted by atomic mass is 9.92. The maximum atomic E-state index is 12.2. The van der Waals surface area contributed by atoms with Crippen LogP contribution in [0.4, 0.5) is 0 Å². The van der Waals surface area contributed by atoms with Gasteiger partial charge < -0.3 is 4.74 Å². The summed E-state index contributed by atoms with van der Waals surface area (Å²) in [5.74, 6) is 0. The van der Waals surface area contributed by atoms with Crippen LogP contribution in [0.3, 0.4) is 0 Å². The number of sulfonamides is 2. The number of piperidine rings is 1. The molecule has 1 aliphatic heterocycles. The molecule has 1 aliphatic rings. The van der Waals surface area contributed by atoms with Gasteiger partial charge in [-0.15, -0.1) is 11.3 Å². The van der Waals surface area contributed by atoms with Gasteiger partial charge in [-0.3, -0.25) is 0 Å². The molecular formula is C12H19ClN2O5S3. The van der Waals surface area contributed by atoms with Crippen molar-refractivity contribution in [3.05, 3.63) is 16.5 Å². The van der Waals surface area contributed by atoms with Gasteiger partial charge >= 0.3 is 0 Å². The molecule has 11 heteroatoms. The minimum atomic E-state index is -3.66. The van der Waals surface area contributed by atoms with Gasteiger partial charge in [-0.25, -0.2) is 25.9 Å². The molecule has 0 radical (unpaired) electrons. The second kappa shape index (κ2) is 6.95. The van der Waals surface area contributed by atoms with Crippen LogP contribution >= 0.6 is 22.9 Å². The molecule has 1 saturated heterocycles. The summed E-state index contributed by atoms with van der Waals surface area (Å²) in [6.45, 7) is 0.692. The highest BCUT2D eigenvalue weighted by Gasteiger charge is 2.38. The van der Waals surface area contributed by atoms with Crippen LogP contribution in [0.1, 0.15) is 12.8 Å². The number of ether oxygens (including phenoxy) is 1. The lowest BCUT2D eigenvalue weighted by Crippen LogP contribution is -2.52. The molecule has 0 aromatic carbocycles. The highest BCUT2D eigenvalue weighted by Crippen LogP contribution is 2.29. The molecule has 0 unspecified atom stereocenters. The molecule has 1 aromatic heterocycles. The predicted molar refractivity (Wildman–Crippen MR) is 89.9 cm³/mol. The zero-order chi connectivity index (χ0) is 17.3. The highest BCUT2D eigenvalue weighted by atomic mass is 35.5. The van der Waals surface area contributed by atoms with Crippen LogP contribution in [0.5, 0.6) is 0 Å². The first-order valence-corrected chi connectivity index (χ1v) is 11.4. The van der Waals surface area contributed by atoms with E-state index in [0.717, 1.165) is 17.6 Å². The number of methoxy groups -OCH3 is 1. The molecule has 2 rings (SSSR count). The van der Waals surface area contributed by atoms with Crippen molar-refractivity contribution in [1.29, 1.82) is 0 Å². The summed E-state index contributed by atoms with van der Waals surface area (Å²) in [7, 11) is -5.39. The Morgan fingerprint density at radius 3 is 2.35 bits per heavy atom. The molecule has 0 saturated carbocycles. The standard InChI is InChI=1S/C12H19ClN2O5S3/c1-20-12(5-7-15(8-6-12)22(2,16)17)9-14-23(18,19)11-4-3-10(13)21-11/h3-4,14H,5-9H2,1-2H3. The van der Waals surface area contributed by atoms with E-state index >= 15 is 0 Å². The van der Waals surface area contributed by atoms with Crippen molar-refractivity contribution in [2.24, 2.45) is 0 Å². The van der Waals surface area contributed by atoms with Gasteiger partial charge in [0.05, 0.1) is 16.2 Å². The molecule has 132 valence electrons. The SMILES string of the molecule is COC1(CNS(=O)(=O)c2ccc(Cl)s2)CCN(S(C)(=O)=O)CC1. The average molecular weight is 403 g/mol. The average Bonchev–Trinajstić information content (AvgIpc) is 2.92. The van der Waals surface area contributed by atoms with Crippen molar-refractivity contribution >= 4 is 43.0 Å².